The van der Waals surface area contributed by atoms with E-state index in [1.807, 2.05) is 42.5 Å². The minimum absolute atomic E-state index is 0.563. The van der Waals surface area contributed by atoms with Crippen LogP contribution >= 0.6 is 0 Å². The Balaban J connectivity index is 1.26. The molecule has 0 spiro atoms. The van der Waals surface area contributed by atoms with Gasteiger partial charge in [0.15, 0.2) is 17.5 Å². The van der Waals surface area contributed by atoms with Gasteiger partial charge in [0.1, 0.15) is 11.2 Å². The molecule has 0 fully saturated rings. The average molecular weight is 665 g/mol. The lowest BCUT2D eigenvalue weighted by atomic mass is 9.99. The van der Waals surface area contributed by atoms with Crippen molar-refractivity contribution in [1.29, 1.82) is 0 Å². The van der Waals surface area contributed by atoms with Gasteiger partial charge in [-0.15, -0.1) is 0 Å². The molecule has 5 nitrogen and oxygen atoms in total. The molecule has 0 N–H and O–H groups in total. The van der Waals surface area contributed by atoms with Crippen molar-refractivity contribution in [2.75, 3.05) is 0 Å². The molecule has 5 heteroatoms. The van der Waals surface area contributed by atoms with Crippen LogP contribution in [0.1, 0.15) is 0 Å². The highest BCUT2D eigenvalue weighted by Crippen LogP contribution is 2.43. The summed E-state index contributed by atoms with van der Waals surface area (Å²) in [4.78, 5) is 15.7. The highest BCUT2D eigenvalue weighted by atomic mass is 16.3. The van der Waals surface area contributed by atoms with Gasteiger partial charge >= 0.3 is 0 Å². The first kappa shape index (κ1) is 28.7. The Morgan fingerprint density at radius 1 is 0.423 bits per heavy atom. The molecule has 0 aliphatic heterocycles. The van der Waals surface area contributed by atoms with Gasteiger partial charge in [-0.1, -0.05) is 140 Å². The summed E-state index contributed by atoms with van der Waals surface area (Å²) in [5.74, 6) is 1.77. The van der Waals surface area contributed by atoms with E-state index in [1.54, 1.807) is 0 Å². The summed E-state index contributed by atoms with van der Waals surface area (Å²) in [6, 6.07) is 59.0. The summed E-state index contributed by atoms with van der Waals surface area (Å²) >= 11 is 0. The number of fused-ring (bicyclic) bond motifs is 10. The monoisotopic (exact) mass is 664 g/mol. The fourth-order valence-corrected chi connectivity index (χ4v) is 7.93. The molecule has 3 aromatic heterocycles. The Morgan fingerprint density at radius 3 is 1.90 bits per heavy atom. The SMILES string of the molecule is c1ccc(-c2nc(-c3cc4ccccc4c4c3oc3ccccc34)nc(-c3cccc4c3c3ccc5ccccc5c3n4-c3ccccc3)n2)cc1. The molecule has 0 saturated heterocycles. The van der Waals surface area contributed by atoms with E-state index < -0.39 is 0 Å². The second-order valence-electron chi connectivity index (χ2n) is 13.2. The van der Waals surface area contributed by atoms with Crippen molar-refractivity contribution in [2.45, 2.75) is 0 Å². The van der Waals surface area contributed by atoms with Gasteiger partial charge in [-0.2, -0.15) is 0 Å². The first-order valence-electron chi connectivity index (χ1n) is 17.5. The van der Waals surface area contributed by atoms with E-state index in [2.05, 4.69) is 132 Å². The maximum Gasteiger partial charge on any atom is 0.167 e. The Bertz CT molecular complexity index is 3180. The largest absolute Gasteiger partial charge is 0.455 e. The summed E-state index contributed by atoms with van der Waals surface area (Å²) in [5.41, 5.74) is 7.62. The molecule has 0 saturated carbocycles. The molecule has 0 aliphatic carbocycles. The van der Waals surface area contributed by atoms with E-state index in [0.29, 0.717) is 17.5 Å². The predicted molar refractivity (Wildman–Crippen MR) is 213 cm³/mol. The molecule has 11 rings (SSSR count). The van der Waals surface area contributed by atoms with Gasteiger partial charge < -0.3 is 8.98 Å². The fraction of sp³-hybridized carbons (Fsp3) is 0. The van der Waals surface area contributed by atoms with Crippen LogP contribution in [0.4, 0.5) is 0 Å². The zero-order valence-electron chi connectivity index (χ0n) is 27.9. The molecule has 3 heterocycles. The van der Waals surface area contributed by atoms with Gasteiger partial charge in [0.05, 0.1) is 16.6 Å². The third-order valence-electron chi connectivity index (χ3n) is 10.2. The molecule has 0 amide bonds. The summed E-state index contributed by atoms with van der Waals surface area (Å²) in [7, 11) is 0. The van der Waals surface area contributed by atoms with Crippen LogP contribution in [0.2, 0.25) is 0 Å². The lowest BCUT2D eigenvalue weighted by Crippen LogP contribution is -2.01. The van der Waals surface area contributed by atoms with E-state index in [4.69, 9.17) is 19.4 Å². The number of nitrogens with zero attached hydrogens (tertiary/aromatic N) is 4. The molecule has 0 aliphatic rings. The highest BCUT2D eigenvalue weighted by molar-refractivity contribution is 6.23. The lowest BCUT2D eigenvalue weighted by Gasteiger charge is -2.11. The van der Waals surface area contributed by atoms with Crippen LogP contribution < -0.4 is 0 Å². The van der Waals surface area contributed by atoms with Crippen LogP contribution in [-0.4, -0.2) is 19.5 Å². The van der Waals surface area contributed by atoms with E-state index in [1.165, 1.54) is 10.8 Å². The van der Waals surface area contributed by atoms with Gasteiger partial charge in [0, 0.05) is 43.7 Å². The molecule has 242 valence electrons. The number of hydrogen-bond donors (Lipinski definition) is 0. The molecule has 0 atom stereocenters. The Kier molecular flexibility index (Phi) is 6.18. The minimum atomic E-state index is 0.563. The number of para-hydroxylation sites is 2. The van der Waals surface area contributed by atoms with Crippen LogP contribution in [0.3, 0.4) is 0 Å². The topological polar surface area (TPSA) is 56.7 Å². The van der Waals surface area contributed by atoms with Crippen LogP contribution in [-0.2, 0) is 0 Å². The van der Waals surface area contributed by atoms with E-state index in [-0.39, 0.29) is 0 Å². The highest BCUT2D eigenvalue weighted by Gasteiger charge is 2.23. The van der Waals surface area contributed by atoms with Crippen molar-refractivity contribution < 1.29 is 4.42 Å². The average Bonchev–Trinajstić information content (AvgIpc) is 3.78. The van der Waals surface area contributed by atoms with Gasteiger partial charge in [-0.25, -0.2) is 15.0 Å². The maximum absolute atomic E-state index is 6.65. The van der Waals surface area contributed by atoms with Crippen LogP contribution in [0.25, 0.3) is 105 Å². The zero-order chi connectivity index (χ0) is 34.2. The van der Waals surface area contributed by atoms with Crippen LogP contribution in [0.15, 0.2) is 174 Å². The minimum Gasteiger partial charge on any atom is -0.455 e. The van der Waals surface area contributed by atoms with Gasteiger partial charge in [-0.3, -0.25) is 0 Å². The van der Waals surface area contributed by atoms with Gasteiger partial charge in [0.2, 0.25) is 0 Å². The normalized spacial score (nSPS) is 11.8. The Hall–Kier alpha value is -7.11. The summed E-state index contributed by atoms with van der Waals surface area (Å²) < 4.78 is 9.03. The quantitative estimate of drug-likeness (QED) is 0.188. The Morgan fingerprint density at radius 2 is 1.08 bits per heavy atom. The fourth-order valence-electron chi connectivity index (χ4n) is 7.93. The van der Waals surface area contributed by atoms with Crippen LogP contribution in [0.5, 0.6) is 0 Å². The lowest BCUT2D eigenvalue weighted by molar-refractivity contribution is 0.670. The first-order valence-corrected chi connectivity index (χ1v) is 17.5. The molecular formula is C47H28N4O. The predicted octanol–water partition coefficient (Wildman–Crippen LogP) is 12.2. The number of benzene rings is 8. The standard InChI is InChI=1S/C47H28N4O/c1-3-15-30(16-4-1)45-48-46(50-47(49-45)38-28-31-17-8-9-20-33(31)42-35-22-11-12-25-40(35)52-44(38)42)37-23-13-24-39-41(37)36-27-26-29-14-7-10-21-34(29)43(36)51(39)32-18-5-2-6-19-32/h1-28H. The third-order valence-corrected chi connectivity index (χ3v) is 10.2. The summed E-state index contributed by atoms with van der Waals surface area (Å²) in [6.45, 7) is 0. The van der Waals surface area contributed by atoms with E-state index in [0.717, 1.165) is 76.9 Å². The first-order chi connectivity index (χ1) is 25.8. The second kappa shape index (κ2) is 11.2. The Labute approximate surface area is 298 Å². The van der Waals surface area contributed by atoms with Crippen molar-refractivity contribution in [3.8, 4) is 39.9 Å². The molecular weight excluding hydrogens is 637 g/mol. The molecule has 8 aromatic carbocycles. The van der Waals surface area contributed by atoms with Gasteiger partial charge in [-0.05, 0) is 46.5 Å². The molecule has 0 radical (unpaired) electrons. The van der Waals surface area contributed by atoms with Crippen molar-refractivity contribution in [3.63, 3.8) is 0 Å². The van der Waals surface area contributed by atoms with Crippen LogP contribution in [0, 0.1) is 0 Å². The molecule has 11 aromatic rings. The maximum atomic E-state index is 6.65. The summed E-state index contributed by atoms with van der Waals surface area (Å²) in [5, 5.41) is 8.98. The number of aromatic nitrogens is 4. The molecule has 52 heavy (non-hydrogen) atoms. The molecule has 0 bridgehead atoms. The van der Waals surface area contributed by atoms with Crippen molar-refractivity contribution >= 4 is 65.3 Å². The number of hydrogen-bond acceptors (Lipinski definition) is 4. The number of rotatable bonds is 4. The molecule has 0 unspecified atom stereocenters. The van der Waals surface area contributed by atoms with Crippen molar-refractivity contribution in [2.24, 2.45) is 0 Å². The van der Waals surface area contributed by atoms with Crippen molar-refractivity contribution in [3.05, 3.63) is 170 Å². The van der Waals surface area contributed by atoms with E-state index in [9.17, 15) is 0 Å². The smallest absolute Gasteiger partial charge is 0.167 e. The summed E-state index contributed by atoms with van der Waals surface area (Å²) in [6.07, 6.45) is 0. The van der Waals surface area contributed by atoms with Gasteiger partial charge in [0.25, 0.3) is 0 Å². The zero-order valence-corrected chi connectivity index (χ0v) is 27.9. The van der Waals surface area contributed by atoms with Crippen molar-refractivity contribution in [1.82, 2.24) is 19.5 Å². The number of furan rings is 1. The third kappa shape index (κ3) is 4.26. The van der Waals surface area contributed by atoms with E-state index >= 15 is 0 Å². The second-order valence-corrected chi connectivity index (χ2v) is 13.2.